The van der Waals surface area contributed by atoms with Crippen LogP contribution in [0.2, 0.25) is 0 Å². The second-order valence-corrected chi connectivity index (χ2v) is 8.39. The molecule has 0 amide bonds. The Morgan fingerprint density at radius 2 is 1.45 bits per heavy atom. The first-order valence-corrected chi connectivity index (χ1v) is 11.9. The number of benzene rings is 2. The summed E-state index contributed by atoms with van der Waals surface area (Å²) in [6.45, 7) is 11.0. The van der Waals surface area contributed by atoms with Crippen LogP contribution >= 0.6 is 0 Å². The Morgan fingerprint density at radius 1 is 0.742 bits per heavy atom. The fourth-order valence-corrected chi connectivity index (χ4v) is 3.70. The van der Waals surface area contributed by atoms with Crippen molar-refractivity contribution >= 4 is 23.3 Å². The zero-order valence-corrected chi connectivity index (χ0v) is 21.7. The minimum Gasteiger partial charge on any atom is -0.255 e. The Hall–Kier alpha value is -1.56. The number of hydrogen-bond acceptors (Lipinski definition) is 2. The van der Waals surface area contributed by atoms with Gasteiger partial charge in [-0.05, 0) is 86.1 Å². The summed E-state index contributed by atoms with van der Waals surface area (Å²) in [4.78, 5) is 9.78. The van der Waals surface area contributed by atoms with Crippen LogP contribution in [0.15, 0.2) is 46.4 Å². The topological polar surface area (TPSA) is 24.7 Å². The van der Waals surface area contributed by atoms with Gasteiger partial charge in [0.05, 0.1) is 17.1 Å². The predicted octanol–water partition coefficient (Wildman–Crippen LogP) is 8.65. The van der Waals surface area contributed by atoms with Crippen molar-refractivity contribution in [3.8, 4) is 0 Å². The Labute approximate surface area is 204 Å². The van der Waals surface area contributed by atoms with Gasteiger partial charge in [0.1, 0.15) is 0 Å². The van der Waals surface area contributed by atoms with Crippen LogP contribution < -0.4 is 0 Å². The Kier molecular flexibility index (Phi) is 13.5. The molecule has 172 valence electrons. The average Bonchev–Trinajstić information content (AvgIpc) is 2.74. The molecule has 2 nitrogen and oxygen atoms in total. The molecule has 2 aromatic carbocycles. The van der Waals surface area contributed by atoms with Crippen molar-refractivity contribution in [2.75, 3.05) is 0 Å². The van der Waals surface area contributed by atoms with Gasteiger partial charge < -0.3 is 0 Å². The Morgan fingerprint density at radius 3 is 2.13 bits per heavy atom. The van der Waals surface area contributed by atoms with Gasteiger partial charge >= 0.3 is 0 Å². The van der Waals surface area contributed by atoms with Crippen LogP contribution in [0.3, 0.4) is 0 Å². The van der Waals surface area contributed by atoms with Crippen LogP contribution in [0, 0.1) is 13.8 Å². The van der Waals surface area contributed by atoms with Crippen LogP contribution in [0.5, 0.6) is 0 Å². The zero-order chi connectivity index (χ0) is 21.8. The third kappa shape index (κ3) is 9.63. The molecule has 0 aromatic heterocycles. The van der Waals surface area contributed by atoms with E-state index in [2.05, 4.69) is 71.0 Å². The molecule has 2 aromatic rings. The van der Waals surface area contributed by atoms with Crippen LogP contribution in [0.25, 0.3) is 0 Å². The van der Waals surface area contributed by atoms with Crippen LogP contribution in [0.4, 0.5) is 11.4 Å². The van der Waals surface area contributed by atoms with Crippen molar-refractivity contribution in [3.63, 3.8) is 0 Å². The van der Waals surface area contributed by atoms with Crippen LogP contribution in [0.1, 0.15) is 88.0 Å². The standard InChI is InChI=1S/C28H40N2.Pd/c1-6-9-10-11-14-28(30-27-17-15-22(4)23(5)19-27)21-29-26-18-16-24(12-7-2)25(20-26)13-8-3;/h15-21H,6-14H2,1-5H3;. The van der Waals surface area contributed by atoms with Gasteiger partial charge in [-0.25, -0.2) is 0 Å². The van der Waals surface area contributed by atoms with Crippen LogP contribution in [-0.2, 0) is 33.3 Å². The molecule has 0 aliphatic carbocycles. The number of aryl methyl sites for hydroxylation is 4. The molecule has 3 heteroatoms. The van der Waals surface area contributed by atoms with E-state index in [1.54, 1.807) is 0 Å². The van der Waals surface area contributed by atoms with Crippen molar-refractivity contribution in [2.24, 2.45) is 9.98 Å². The summed E-state index contributed by atoms with van der Waals surface area (Å²) in [5.74, 6) is 0. The summed E-state index contributed by atoms with van der Waals surface area (Å²) in [5, 5.41) is 0. The van der Waals surface area contributed by atoms with Crippen molar-refractivity contribution in [1.82, 2.24) is 0 Å². The minimum absolute atomic E-state index is 0. The number of hydrogen-bond donors (Lipinski definition) is 0. The monoisotopic (exact) mass is 510 g/mol. The van der Waals surface area contributed by atoms with E-state index in [4.69, 9.17) is 9.98 Å². The molecule has 0 bridgehead atoms. The van der Waals surface area contributed by atoms with Crippen LogP contribution in [-0.4, -0.2) is 11.9 Å². The molecule has 0 fully saturated rings. The van der Waals surface area contributed by atoms with E-state index in [1.165, 1.54) is 60.8 Å². The molecule has 0 aliphatic rings. The summed E-state index contributed by atoms with van der Waals surface area (Å²) < 4.78 is 0. The predicted molar refractivity (Wildman–Crippen MR) is 134 cm³/mol. The zero-order valence-electron chi connectivity index (χ0n) is 20.1. The average molecular weight is 511 g/mol. The summed E-state index contributed by atoms with van der Waals surface area (Å²) >= 11 is 0. The van der Waals surface area contributed by atoms with E-state index in [-0.39, 0.29) is 20.4 Å². The normalized spacial score (nSPS) is 11.7. The molecule has 2 rings (SSSR count). The summed E-state index contributed by atoms with van der Waals surface area (Å²) in [6.07, 6.45) is 12.6. The minimum atomic E-state index is 0. The molecule has 0 heterocycles. The van der Waals surface area contributed by atoms with E-state index in [0.717, 1.165) is 36.3 Å². The molecule has 0 atom stereocenters. The van der Waals surface area contributed by atoms with Gasteiger partial charge in [0.2, 0.25) is 0 Å². The number of rotatable bonds is 12. The van der Waals surface area contributed by atoms with Gasteiger partial charge in [-0.3, -0.25) is 9.98 Å². The molecule has 0 saturated carbocycles. The molecule has 0 spiro atoms. The number of nitrogens with zero attached hydrogens (tertiary/aromatic N) is 2. The fraction of sp³-hybridized carbons (Fsp3) is 0.500. The molecular formula is C28H40N2Pd. The maximum atomic E-state index is 4.95. The largest absolute Gasteiger partial charge is 0.255 e. The van der Waals surface area contributed by atoms with E-state index >= 15 is 0 Å². The van der Waals surface area contributed by atoms with E-state index < -0.39 is 0 Å². The summed E-state index contributed by atoms with van der Waals surface area (Å²) in [7, 11) is 0. The fourth-order valence-electron chi connectivity index (χ4n) is 3.70. The van der Waals surface area contributed by atoms with Crippen molar-refractivity contribution in [2.45, 2.75) is 92.4 Å². The molecular weight excluding hydrogens is 471 g/mol. The number of aliphatic imine (C=N–C) groups is 2. The molecule has 0 N–H and O–H groups in total. The molecule has 0 radical (unpaired) electrons. The molecule has 0 aliphatic heterocycles. The van der Waals surface area contributed by atoms with Gasteiger partial charge in [-0.1, -0.05) is 65.0 Å². The molecule has 0 unspecified atom stereocenters. The Balaban J connectivity index is 0.00000480. The third-order valence-electron chi connectivity index (χ3n) is 5.64. The van der Waals surface area contributed by atoms with Gasteiger partial charge in [0.25, 0.3) is 0 Å². The van der Waals surface area contributed by atoms with Gasteiger partial charge in [0.15, 0.2) is 0 Å². The first-order chi connectivity index (χ1) is 14.6. The summed E-state index contributed by atoms with van der Waals surface area (Å²) in [6, 6.07) is 13.1. The molecule has 31 heavy (non-hydrogen) atoms. The Bertz CT molecular complexity index is 852. The maximum Gasteiger partial charge on any atom is 0.0636 e. The second-order valence-electron chi connectivity index (χ2n) is 8.39. The SMILES string of the molecule is CCCCCCC(C=Nc1ccc(CCC)c(CCC)c1)=Nc1ccc(C)c(C)c1.[Pd]. The maximum absolute atomic E-state index is 4.95. The smallest absolute Gasteiger partial charge is 0.0636 e. The van der Waals surface area contributed by atoms with E-state index in [0.29, 0.717) is 0 Å². The van der Waals surface area contributed by atoms with Gasteiger partial charge in [-0.15, -0.1) is 0 Å². The second kappa shape index (κ2) is 15.3. The third-order valence-corrected chi connectivity index (χ3v) is 5.64. The van der Waals surface area contributed by atoms with E-state index in [1.807, 2.05) is 6.21 Å². The van der Waals surface area contributed by atoms with Gasteiger partial charge in [0, 0.05) is 26.6 Å². The number of unbranched alkanes of at least 4 members (excludes halogenated alkanes) is 3. The van der Waals surface area contributed by atoms with Gasteiger partial charge in [-0.2, -0.15) is 0 Å². The van der Waals surface area contributed by atoms with Crippen molar-refractivity contribution < 1.29 is 20.4 Å². The van der Waals surface area contributed by atoms with E-state index in [9.17, 15) is 0 Å². The first-order valence-electron chi connectivity index (χ1n) is 11.9. The summed E-state index contributed by atoms with van der Waals surface area (Å²) in [5.41, 5.74) is 8.66. The first kappa shape index (κ1) is 27.5. The quantitative estimate of drug-likeness (QED) is 0.155. The van der Waals surface area contributed by atoms with Crippen molar-refractivity contribution in [1.29, 1.82) is 0 Å². The molecule has 0 saturated heterocycles. The van der Waals surface area contributed by atoms with Crippen molar-refractivity contribution in [3.05, 3.63) is 58.7 Å².